The van der Waals surface area contributed by atoms with Gasteiger partial charge in [-0.25, -0.2) is 0 Å². The Morgan fingerprint density at radius 2 is 2.20 bits per heavy atom. The lowest BCUT2D eigenvalue weighted by Crippen LogP contribution is -2.40. The Bertz CT molecular complexity index is 260. The highest BCUT2D eigenvalue weighted by atomic mass is 16.2. The maximum atomic E-state index is 12.0. The van der Waals surface area contributed by atoms with Crippen LogP contribution in [0.1, 0.15) is 46.5 Å². The predicted molar refractivity (Wildman–Crippen MR) is 60.3 cm³/mol. The fraction of sp³-hybridized carbons (Fsp3) is 0.917. The van der Waals surface area contributed by atoms with Crippen LogP contribution in [0.2, 0.25) is 0 Å². The highest BCUT2D eigenvalue weighted by molar-refractivity contribution is 5.84. The van der Waals surface area contributed by atoms with E-state index in [0.29, 0.717) is 11.3 Å². The summed E-state index contributed by atoms with van der Waals surface area (Å²) >= 11 is 0. The first-order valence-corrected chi connectivity index (χ1v) is 6.12. The lowest BCUT2D eigenvalue weighted by molar-refractivity contribution is -0.130. The minimum atomic E-state index is 0.0175. The summed E-state index contributed by atoms with van der Waals surface area (Å²) in [6.45, 7) is 7.38. The molecule has 1 heterocycles. The van der Waals surface area contributed by atoms with Crippen molar-refractivity contribution in [3.05, 3.63) is 0 Å². The molecule has 0 radical (unpaired) electrons. The van der Waals surface area contributed by atoms with Crippen LogP contribution in [0, 0.1) is 5.41 Å². The van der Waals surface area contributed by atoms with Crippen LogP contribution in [0.5, 0.6) is 0 Å². The predicted octanol–water partition coefficient (Wildman–Crippen LogP) is 1.73. The van der Waals surface area contributed by atoms with Gasteiger partial charge >= 0.3 is 0 Å². The van der Waals surface area contributed by atoms with E-state index < -0.39 is 0 Å². The van der Waals surface area contributed by atoms with Crippen LogP contribution in [0.4, 0.5) is 0 Å². The zero-order valence-corrected chi connectivity index (χ0v) is 10.0. The van der Waals surface area contributed by atoms with Gasteiger partial charge in [-0.3, -0.25) is 10.1 Å². The van der Waals surface area contributed by atoms with Crippen molar-refractivity contribution in [1.82, 2.24) is 10.2 Å². The SMILES string of the molecule is CCCC1NC(C)C(=O)N1CC1(C)CC1. The first-order chi connectivity index (χ1) is 7.06. The zero-order chi connectivity index (χ0) is 11.1. The molecule has 3 nitrogen and oxygen atoms in total. The molecule has 2 unspecified atom stereocenters. The van der Waals surface area contributed by atoms with Crippen LogP contribution in [0.15, 0.2) is 0 Å². The van der Waals surface area contributed by atoms with Crippen LogP contribution in [0.25, 0.3) is 0 Å². The lowest BCUT2D eigenvalue weighted by Gasteiger charge is -2.26. The zero-order valence-electron chi connectivity index (χ0n) is 10.0. The summed E-state index contributed by atoms with van der Waals surface area (Å²) in [6, 6.07) is 0.0175. The fourth-order valence-electron chi connectivity index (χ4n) is 2.34. The monoisotopic (exact) mass is 210 g/mol. The molecule has 1 aliphatic heterocycles. The van der Waals surface area contributed by atoms with Gasteiger partial charge in [-0.1, -0.05) is 20.3 Å². The molecule has 3 heteroatoms. The van der Waals surface area contributed by atoms with Crippen molar-refractivity contribution in [2.45, 2.75) is 58.7 Å². The number of carbonyl (C=O) groups excluding carboxylic acids is 1. The molecular formula is C12H22N2O. The Kier molecular flexibility index (Phi) is 2.75. The van der Waals surface area contributed by atoms with Crippen molar-refractivity contribution in [2.75, 3.05) is 6.54 Å². The molecule has 2 aliphatic rings. The number of carbonyl (C=O) groups is 1. The van der Waals surface area contributed by atoms with Crippen LogP contribution in [-0.4, -0.2) is 29.6 Å². The smallest absolute Gasteiger partial charge is 0.240 e. The van der Waals surface area contributed by atoms with E-state index in [1.54, 1.807) is 0 Å². The summed E-state index contributed by atoms with van der Waals surface area (Å²) in [5.41, 5.74) is 0.424. The Morgan fingerprint density at radius 3 is 2.73 bits per heavy atom. The highest BCUT2D eigenvalue weighted by Gasteiger charge is 2.44. The summed E-state index contributed by atoms with van der Waals surface area (Å²) < 4.78 is 0. The van der Waals surface area contributed by atoms with Gasteiger partial charge in [0.15, 0.2) is 0 Å². The minimum absolute atomic E-state index is 0.0175. The summed E-state index contributed by atoms with van der Waals surface area (Å²) in [5, 5.41) is 3.38. The minimum Gasteiger partial charge on any atom is -0.325 e. The molecule has 1 aliphatic carbocycles. The van der Waals surface area contributed by atoms with Gasteiger partial charge in [0, 0.05) is 6.54 Å². The molecule has 2 rings (SSSR count). The lowest BCUT2D eigenvalue weighted by atomic mass is 10.1. The molecule has 1 saturated heterocycles. The maximum Gasteiger partial charge on any atom is 0.240 e. The Balaban J connectivity index is 2.01. The van der Waals surface area contributed by atoms with Crippen molar-refractivity contribution in [1.29, 1.82) is 0 Å². The van der Waals surface area contributed by atoms with Crippen LogP contribution in [0.3, 0.4) is 0 Å². The molecule has 15 heavy (non-hydrogen) atoms. The Hall–Kier alpha value is -0.570. The summed E-state index contributed by atoms with van der Waals surface area (Å²) in [6.07, 6.45) is 5.06. The normalized spacial score (nSPS) is 33.5. The van der Waals surface area contributed by atoms with Gasteiger partial charge in [0.2, 0.25) is 5.91 Å². The van der Waals surface area contributed by atoms with E-state index in [4.69, 9.17) is 0 Å². The van der Waals surface area contributed by atoms with Crippen molar-refractivity contribution in [2.24, 2.45) is 5.41 Å². The first-order valence-electron chi connectivity index (χ1n) is 6.12. The van der Waals surface area contributed by atoms with Gasteiger partial charge in [-0.15, -0.1) is 0 Å². The average Bonchev–Trinajstić information content (AvgIpc) is 2.85. The third-order valence-electron chi connectivity index (χ3n) is 3.69. The van der Waals surface area contributed by atoms with Crippen LogP contribution < -0.4 is 5.32 Å². The van der Waals surface area contributed by atoms with Crippen LogP contribution in [-0.2, 0) is 4.79 Å². The molecule has 1 amide bonds. The number of hydrogen-bond donors (Lipinski definition) is 1. The Labute approximate surface area is 92.2 Å². The highest BCUT2D eigenvalue weighted by Crippen LogP contribution is 2.46. The second-order valence-electron chi connectivity index (χ2n) is 5.47. The number of hydrogen-bond acceptors (Lipinski definition) is 2. The molecular weight excluding hydrogens is 188 g/mol. The van der Waals surface area contributed by atoms with Crippen molar-refractivity contribution in [3.8, 4) is 0 Å². The number of amides is 1. The number of rotatable bonds is 4. The fourth-order valence-corrected chi connectivity index (χ4v) is 2.34. The van der Waals surface area contributed by atoms with Gasteiger partial charge in [0.25, 0.3) is 0 Å². The number of nitrogens with zero attached hydrogens (tertiary/aromatic N) is 1. The molecule has 0 aromatic carbocycles. The van der Waals surface area contributed by atoms with Gasteiger partial charge in [-0.05, 0) is 31.6 Å². The molecule has 2 atom stereocenters. The quantitative estimate of drug-likeness (QED) is 0.766. The van der Waals surface area contributed by atoms with E-state index in [-0.39, 0.29) is 12.2 Å². The molecule has 0 aromatic rings. The topological polar surface area (TPSA) is 32.3 Å². The molecule has 0 spiro atoms. The molecule has 1 N–H and O–H groups in total. The number of nitrogens with one attached hydrogen (secondary N) is 1. The average molecular weight is 210 g/mol. The first kappa shape index (κ1) is 10.9. The van der Waals surface area contributed by atoms with Crippen LogP contribution >= 0.6 is 0 Å². The third kappa shape index (κ3) is 2.17. The summed E-state index contributed by atoms with van der Waals surface area (Å²) in [7, 11) is 0. The van der Waals surface area contributed by atoms with Gasteiger partial charge < -0.3 is 4.90 Å². The third-order valence-corrected chi connectivity index (χ3v) is 3.69. The van der Waals surface area contributed by atoms with Gasteiger partial charge in [0.1, 0.15) is 0 Å². The standard InChI is InChI=1S/C12H22N2O/c1-4-5-10-13-9(2)11(15)14(10)8-12(3)6-7-12/h9-10,13H,4-8H2,1-3H3. The maximum absolute atomic E-state index is 12.0. The van der Waals surface area contributed by atoms with Gasteiger partial charge in [0.05, 0.1) is 12.2 Å². The molecule has 0 bridgehead atoms. The summed E-state index contributed by atoms with van der Waals surface area (Å²) in [5.74, 6) is 0.293. The molecule has 0 aromatic heterocycles. The molecule has 1 saturated carbocycles. The van der Waals surface area contributed by atoms with Gasteiger partial charge in [-0.2, -0.15) is 0 Å². The van der Waals surface area contributed by atoms with E-state index in [9.17, 15) is 4.79 Å². The van der Waals surface area contributed by atoms with E-state index in [0.717, 1.165) is 19.4 Å². The Morgan fingerprint density at radius 1 is 1.53 bits per heavy atom. The van der Waals surface area contributed by atoms with E-state index >= 15 is 0 Å². The summed E-state index contributed by atoms with van der Waals surface area (Å²) in [4.78, 5) is 14.0. The largest absolute Gasteiger partial charge is 0.325 e. The van der Waals surface area contributed by atoms with E-state index in [2.05, 4.69) is 24.1 Å². The second-order valence-corrected chi connectivity index (χ2v) is 5.47. The van der Waals surface area contributed by atoms with Crippen molar-refractivity contribution >= 4 is 5.91 Å². The van der Waals surface area contributed by atoms with E-state index in [1.807, 2.05) is 6.92 Å². The molecule has 2 fully saturated rings. The van der Waals surface area contributed by atoms with E-state index in [1.165, 1.54) is 12.8 Å². The second kappa shape index (κ2) is 3.78. The van der Waals surface area contributed by atoms with Crippen molar-refractivity contribution in [3.63, 3.8) is 0 Å². The van der Waals surface area contributed by atoms with Crippen molar-refractivity contribution < 1.29 is 4.79 Å². The molecule has 86 valence electrons.